The maximum absolute atomic E-state index is 12.3. The van der Waals surface area contributed by atoms with Crippen molar-refractivity contribution in [3.05, 3.63) is 59.1 Å². The van der Waals surface area contributed by atoms with Crippen LogP contribution in [0.4, 0.5) is 10.5 Å². The van der Waals surface area contributed by atoms with Crippen LogP contribution in [-0.4, -0.2) is 25.2 Å². The second kappa shape index (κ2) is 8.36. The van der Waals surface area contributed by atoms with Gasteiger partial charge in [-0.1, -0.05) is 23.7 Å². The molecule has 0 aliphatic rings. The Morgan fingerprint density at radius 3 is 2.33 bits per heavy atom. The molecule has 0 unspecified atom stereocenters. The van der Waals surface area contributed by atoms with Crippen molar-refractivity contribution in [2.75, 3.05) is 18.1 Å². The fraction of sp³-hybridized carbons (Fsp3) is 0.222. The summed E-state index contributed by atoms with van der Waals surface area (Å²) < 4.78 is 10.5. The maximum atomic E-state index is 12.3. The number of esters is 1. The number of amides is 1. The van der Waals surface area contributed by atoms with E-state index in [0.717, 1.165) is 0 Å². The number of hydrogen-bond acceptors (Lipinski definition) is 4. The van der Waals surface area contributed by atoms with Crippen LogP contribution in [0.3, 0.4) is 0 Å². The predicted octanol–water partition coefficient (Wildman–Crippen LogP) is 4.54. The average Bonchev–Trinajstić information content (AvgIpc) is 2.58. The van der Waals surface area contributed by atoms with Crippen LogP contribution >= 0.6 is 11.6 Å². The van der Waals surface area contributed by atoms with E-state index < -0.39 is 12.1 Å². The Kier molecular flexibility index (Phi) is 6.21. The van der Waals surface area contributed by atoms with Crippen LogP contribution in [0, 0.1) is 0 Å². The van der Waals surface area contributed by atoms with Gasteiger partial charge >= 0.3 is 12.1 Å². The van der Waals surface area contributed by atoms with Crippen LogP contribution in [0.1, 0.15) is 24.2 Å². The SMILES string of the molecule is CCOC(=O)N(CC)c1ccccc1OC(=O)c1ccc(Cl)cc1. The van der Waals surface area contributed by atoms with Gasteiger partial charge in [-0.3, -0.25) is 4.90 Å². The van der Waals surface area contributed by atoms with Crippen molar-refractivity contribution in [3.8, 4) is 5.75 Å². The Morgan fingerprint density at radius 1 is 1.04 bits per heavy atom. The topological polar surface area (TPSA) is 55.8 Å². The maximum Gasteiger partial charge on any atom is 0.414 e. The van der Waals surface area contributed by atoms with Crippen LogP contribution in [-0.2, 0) is 4.74 Å². The van der Waals surface area contributed by atoms with Crippen LogP contribution in [0.5, 0.6) is 5.75 Å². The van der Waals surface area contributed by atoms with Gasteiger partial charge in [-0.2, -0.15) is 0 Å². The minimum atomic E-state index is -0.529. The number of halogens is 1. The molecule has 0 saturated carbocycles. The molecule has 0 bridgehead atoms. The van der Waals surface area contributed by atoms with E-state index in [-0.39, 0.29) is 12.4 Å². The minimum Gasteiger partial charge on any atom is -0.449 e. The smallest absolute Gasteiger partial charge is 0.414 e. The number of anilines is 1. The number of hydrogen-bond donors (Lipinski definition) is 0. The third-order valence-electron chi connectivity index (χ3n) is 3.24. The number of para-hydroxylation sites is 2. The van der Waals surface area contributed by atoms with Crippen molar-refractivity contribution in [3.63, 3.8) is 0 Å². The molecule has 2 rings (SSSR count). The molecule has 0 saturated heterocycles. The molecular formula is C18H18ClNO4. The van der Waals surface area contributed by atoms with Crippen LogP contribution in [0.15, 0.2) is 48.5 Å². The first-order valence-electron chi connectivity index (χ1n) is 7.57. The van der Waals surface area contributed by atoms with E-state index in [1.54, 1.807) is 55.5 Å². The Balaban J connectivity index is 2.26. The zero-order chi connectivity index (χ0) is 17.5. The number of rotatable bonds is 5. The first-order valence-corrected chi connectivity index (χ1v) is 7.95. The quantitative estimate of drug-likeness (QED) is 0.588. The largest absolute Gasteiger partial charge is 0.449 e. The Labute approximate surface area is 145 Å². The summed E-state index contributed by atoms with van der Waals surface area (Å²) >= 11 is 5.82. The summed E-state index contributed by atoms with van der Waals surface area (Å²) in [5, 5.41) is 0.534. The number of benzene rings is 2. The summed E-state index contributed by atoms with van der Waals surface area (Å²) in [5.74, 6) is -0.244. The molecule has 0 N–H and O–H groups in total. The van der Waals surface area contributed by atoms with Crippen molar-refractivity contribution in [2.45, 2.75) is 13.8 Å². The first kappa shape index (κ1) is 17.8. The molecule has 6 heteroatoms. The lowest BCUT2D eigenvalue weighted by Crippen LogP contribution is -2.31. The number of ether oxygens (including phenoxy) is 2. The Hall–Kier alpha value is -2.53. The molecule has 0 aliphatic heterocycles. The highest BCUT2D eigenvalue weighted by Crippen LogP contribution is 2.29. The molecule has 24 heavy (non-hydrogen) atoms. The monoisotopic (exact) mass is 347 g/mol. The highest BCUT2D eigenvalue weighted by Gasteiger charge is 2.20. The normalized spacial score (nSPS) is 10.1. The second-order valence-electron chi connectivity index (χ2n) is 4.81. The third-order valence-corrected chi connectivity index (χ3v) is 3.50. The fourth-order valence-electron chi connectivity index (χ4n) is 2.11. The third kappa shape index (κ3) is 4.26. The molecule has 0 radical (unpaired) electrons. The highest BCUT2D eigenvalue weighted by atomic mass is 35.5. The van der Waals surface area contributed by atoms with Gasteiger partial charge in [0.15, 0.2) is 5.75 Å². The van der Waals surface area contributed by atoms with Gasteiger partial charge in [0.05, 0.1) is 17.9 Å². The van der Waals surface area contributed by atoms with Gasteiger partial charge in [-0.05, 0) is 50.2 Å². The van der Waals surface area contributed by atoms with Crippen molar-refractivity contribution < 1.29 is 19.1 Å². The molecule has 0 fully saturated rings. The van der Waals surface area contributed by atoms with Gasteiger partial charge in [0.1, 0.15) is 0 Å². The summed E-state index contributed by atoms with van der Waals surface area (Å²) in [6.45, 7) is 4.20. The predicted molar refractivity (Wildman–Crippen MR) is 92.9 cm³/mol. The van der Waals surface area contributed by atoms with Crippen LogP contribution in [0.25, 0.3) is 0 Å². The minimum absolute atomic E-state index is 0.266. The summed E-state index contributed by atoms with van der Waals surface area (Å²) in [7, 11) is 0. The van der Waals surface area contributed by atoms with E-state index >= 15 is 0 Å². The lowest BCUT2D eigenvalue weighted by Gasteiger charge is -2.22. The molecule has 0 aromatic heterocycles. The zero-order valence-electron chi connectivity index (χ0n) is 13.5. The van der Waals surface area contributed by atoms with Gasteiger partial charge in [0.2, 0.25) is 0 Å². The van der Waals surface area contributed by atoms with Crippen molar-refractivity contribution >= 4 is 29.4 Å². The van der Waals surface area contributed by atoms with Crippen molar-refractivity contribution in [1.29, 1.82) is 0 Å². The summed E-state index contributed by atoms with van der Waals surface area (Å²) in [6.07, 6.45) is -0.491. The number of carbonyl (C=O) groups excluding carboxylic acids is 2. The van der Waals surface area contributed by atoms with Gasteiger partial charge in [0, 0.05) is 11.6 Å². The number of nitrogens with zero attached hydrogens (tertiary/aromatic N) is 1. The molecule has 5 nitrogen and oxygen atoms in total. The van der Waals surface area contributed by atoms with E-state index in [4.69, 9.17) is 21.1 Å². The molecule has 126 valence electrons. The van der Waals surface area contributed by atoms with Gasteiger partial charge in [0.25, 0.3) is 0 Å². The lowest BCUT2D eigenvalue weighted by atomic mass is 10.2. The molecule has 2 aromatic rings. The average molecular weight is 348 g/mol. The van der Waals surface area contributed by atoms with Gasteiger partial charge in [-0.15, -0.1) is 0 Å². The molecule has 0 spiro atoms. The lowest BCUT2D eigenvalue weighted by molar-refractivity contribution is 0.0734. The first-order chi connectivity index (χ1) is 11.6. The number of carbonyl (C=O) groups is 2. The van der Waals surface area contributed by atoms with Crippen LogP contribution < -0.4 is 9.64 Å². The summed E-state index contributed by atoms with van der Waals surface area (Å²) in [5.41, 5.74) is 0.842. The van der Waals surface area contributed by atoms with Crippen LogP contribution in [0.2, 0.25) is 5.02 Å². The Morgan fingerprint density at radius 2 is 1.71 bits per heavy atom. The van der Waals surface area contributed by atoms with Gasteiger partial charge < -0.3 is 9.47 Å². The van der Waals surface area contributed by atoms with E-state index in [1.165, 1.54) is 4.90 Å². The van der Waals surface area contributed by atoms with Gasteiger partial charge in [-0.25, -0.2) is 9.59 Å². The molecule has 0 atom stereocenters. The second-order valence-corrected chi connectivity index (χ2v) is 5.24. The van der Waals surface area contributed by atoms with Crippen molar-refractivity contribution in [2.24, 2.45) is 0 Å². The van der Waals surface area contributed by atoms with Crippen molar-refractivity contribution in [1.82, 2.24) is 0 Å². The van der Waals surface area contributed by atoms with E-state index in [2.05, 4.69) is 0 Å². The molecule has 2 aromatic carbocycles. The standard InChI is InChI=1S/C18H18ClNO4/c1-3-20(18(22)23-4-2)15-7-5-6-8-16(15)24-17(21)13-9-11-14(19)12-10-13/h5-12H,3-4H2,1-2H3. The van der Waals surface area contributed by atoms with E-state index in [9.17, 15) is 9.59 Å². The molecule has 0 heterocycles. The molecule has 0 aliphatic carbocycles. The highest BCUT2D eigenvalue weighted by molar-refractivity contribution is 6.30. The van der Waals surface area contributed by atoms with E-state index in [0.29, 0.717) is 22.8 Å². The molecule has 1 amide bonds. The fourth-order valence-corrected chi connectivity index (χ4v) is 2.24. The zero-order valence-corrected chi connectivity index (χ0v) is 14.2. The Bertz CT molecular complexity index is 715. The van der Waals surface area contributed by atoms with E-state index in [1.807, 2.05) is 6.92 Å². The summed E-state index contributed by atoms with van der Waals surface area (Å²) in [4.78, 5) is 25.8. The summed E-state index contributed by atoms with van der Waals surface area (Å²) in [6, 6.07) is 13.2. The molecular weight excluding hydrogens is 330 g/mol.